The van der Waals surface area contributed by atoms with Crippen LogP contribution in [0.3, 0.4) is 0 Å². The van der Waals surface area contributed by atoms with Crippen molar-refractivity contribution in [2.45, 2.75) is 6.04 Å². The highest BCUT2D eigenvalue weighted by atomic mass is 35.5. The van der Waals surface area contributed by atoms with Crippen molar-refractivity contribution in [3.8, 4) is 0 Å². The zero-order valence-corrected chi connectivity index (χ0v) is 10.2. The summed E-state index contributed by atoms with van der Waals surface area (Å²) in [6.07, 6.45) is 0. The van der Waals surface area contributed by atoms with Crippen LogP contribution >= 0.6 is 11.6 Å². The van der Waals surface area contributed by atoms with Crippen LogP contribution < -0.4 is 5.73 Å². The first-order valence-corrected chi connectivity index (χ1v) is 5.72. The van der Waals surface area contributed by atoms with Gasteiger partial charge in [-0.2, -0.15) is 0 Å². The predicted octanol–water partition coefficient (Wildman–Crippen LogP) is 3.30. The highest BCUT2D eigenvalue weighted by Gasteiger charge is 2.16. The lowest BCUT2D eigenvalue weighted by Crippen LogP contribution is -2.12. The van der Waals surface area contributed by atoms with Crippen LogP contribution in [-0.4, -0.2) is 4.92 Å². The molecule has 0 saturated carbocycles. The molecule has 5 heteroatoms. The van der Waals surface area contributed by atoms with Crippen molar-refractivity contribution in [3.63, 3.8) is 0 Å². The number of halogens is 1. The first-order chi connectivity index (χ1) is 8.59. The fraction of sp³-hybridized carbons (Fsp3) is 0.0769. The summed E-state index contributed by atoms with van der Waals surface area (Å²) in [6, 6.07) is 13.1. The highest BCUT2D eigenvalue weighted by molar-refractivity contribution is 6.31. The monoisotopic (exact) mass is 262 g/mol. The molecule has 0 heterocycles. The lowest BCUT2D eigenvalue weighted by Gasteiger charge is -2.13. The maximum atomic E-state index is 10.7. The zero-order chi connectivity index (χ0) is 13.1. The SMILES string of the molecule is NC(c1ccccc1)c1cc([N+](=O)[O-])ccc1Cl. The van der Waals surface area contributed by atoms with Gasteiger partial charge in [0.2, 0.25) is 0 Å². The summed E-state index contributed by atoms with van der Waals surface area (Å²) in [7, 11) is 0. The molecule has 0 fully saturated rings. The second-order valence-electron chi connectivity index (χ2n) is 3.85. The molecule has 1 atom stereocenters. The van der Waals surface area contributed by atoms with Gasteiger partial charge in [-0.3, -0.25) is 10.1 Å². The molecule has 4 nitrogen and oxygen atoms in total. The molecule has 0 radical (unpaired) electrons. The van der Waals surface area contributed by atoms with E-state index in [1.165, 1.54) is 18.2 Å². The predicted molar refractivity (Wildman–Crippen MR) is 70.6 cm³/mol. The Morgan fingerprint density at radius 1 is 1.17 bits per heavy atom. The van der Waals surface area contributed by atoms with Crippen LogP contribution in [0.15, 0.2) is 48.5 Å². The van der Waals surface area contributed by atoms with E-state index in [-0.39, 0.29) is 5.69 Å². The number of rotatable bonds is 3. The first-order valence-electron chi connectivity index (χ1n) is 5.34. The van der Waals surface area contributed by atoms with Gasteiger partial charge in [0.15, 0.2) is 0 Å². The van der Waals surface area contributed by atoms with Gasteiger partial charge in [0.25, 0.3) is 5.69 Å². The highest BCUT2D eigenvalue weighted by Crippen LogP contribution is 2.29. The van der Waals surface area contributed by atoms with E-state index in [9.17, 15) is 10.1 Å². The van der Waals surface area contributed by atoms with Gasteiger partial charge in [0, 0.05) is 17.2 Å². The molecule has 0 saturated heterocycles. The number of non-ortho nitro benzene ring substituents is 1. The van der Waals surface area contributed by atoms with E-state index in [2.05, 4.69) is 0 Å². The molecule has 0 spiro atoms. The molecule has 0 amide bonds. The molecule has 0 bridgehead atoms. The maximum absolute atomic E-state index is 10.7. The molecule has 0 aliphatic heterocycles. The van der Waals surface area contributed by atoms with Crippen LogP contribution in [0.5, 0.6) is 0 Å². The number of hydrogen-bond donors (Lipinski definition) is 1. The number of nitrogens with two attached hydrogens (primary N) is 1. The van der Waals surface area contributed by atoms with Crippen molar-refractivity contribution in [2.75, 3.05) is 0 Å². The van der Waals surface area contributed by atoms with Crippen molar-refractivity contribution in [1.82, 2.24) is 0 Å². The van der Waals surface area contributed by atoms with Crippen LogP contribution in [0.25, 0.3) is 0 Å². The zero-order valence-electron chi connectivity index (χ0n) is 9.42. The Morgan fingerprint density at radius 3 is 2.44 bits per heavy atom. The normalized spacial score (nSPS) is 12.1. The molecule has 0 aliphatic rings. The molecular formula is C13H11ClN2O2. The van der Waals surface area contributed by atoms with E-state index in [4.69, 9.17) is 17.3 Å². The molecule has 2 aromatic rings. The number of benzene rings is 2. The average molecular weight is 263 g/mol. The second-order valence-corrected chi connectivity index (χ2v) is 4.26. The summed E-state index contributed by atoms with van der Waals surface area (Å²) in [4.78, 5) is 10.3. The maximum Gasteiger partial charge on any atom is 0.269 e. The first kappa shape index (κ1) is 12.5. The average Bonchev–Trinajstić information content (AvgIpc) is 2.39. The van der Waals surface area contributed by atoms with Gasteiger partial charge in [0.1, 0.15) is 0 Å². The van der Waals surface area contributed by atoms with E-state index in [0.717, 1.165) is 5.56 Å². The molecule has 2 rings (SSSR count). The molecule has 2 N–H and O–H groups in total. The summed E-state index contributed by atoms with van der Waals surface area (Å²) in [6.45, 7) is 0. The van der Waals surface area contributed by atoms with Crippen LogP contribution in [0, 0.1) is 10.1 Å². The Balaban J connectivity index is 2.44. The van der Waals surface area contributed by atoms with E-state index in [1.54, 1.807) is 0 Å². The summed E-state index contributed by atoms with van der Waals surface area (Å²) in [5, 5.41) is 11.2. The summed E-state index contributed by atoms with van der Waals surface area (Å²) < 4.78 is 0. The van der Waals surface area contributed by atoms with Gasteiger partial charge < -0.3 is 5.73 Å². The fourth-order valence-corrected chi connectivity index (χ4v) is 1.96. The third kappa shape index (κ3) is 2.50. The largest absolute Gasteiger partial charge is 0.320 e. The topological polar surface area (TPSA) is 69.2 Å². The summed E-state index contributed by atoms with van der Waals surface area (Å²) in [5.74, 6) is 0. The van der Waals surface area contributed by atoms with Crippen LogP contribution in [-0.2, 0) is 0 Å². The van der Waals surface area contributed by atoms with Crippen molar-refractivity contribution in [1.29, 1.82) is 0 Å². The lowest BCUT2D eigenvalue weighted by atomic mass is 9.99. The van der Waals surface area contributed by atoms with E-state index < -0.39 is 11.0 Å². The Hall–Kier alpha value is -1.91. The minimum atomic E-state index is -0.474. The summed E-state index contributed by atoms with van der Waals surface area (Å²) >= 11 is 6.04. The number of nitro groups is 1. The Labute approximate surface area is 109 Å². The standard InChI is InChI=1S/C13H11ClN2O2/c14-12-7-6-10(16(17)18)8-11(12)13(15)9-4-2-1-3-5-9/h1-8,13H,15H2. The van der Waals surface area contributed by atoms with Gasteiger partial charge in [-0.1, -0.05) is 41.9 Å². The van der Waals surface area contributed by atoms with Gasteiger partial charge in [0.05, 0.1) is 11.0 Å². The third-order valence-corrected chi connectivity index (χ3v) is 3.03. The molecule has 2 aromatic carbocycles. The molecule has 1 unspecified atom stereocenters. The molecular weight excluding hydrogens is 252 g/mol. The molecule has 18 heavy (non-hydrogen) atoms. The quantitative estimate of drug-likeness (QED) is 0.682. The smallest absolute Gasteiger partial charge is 0.269 e. The summed E-state index contributed by atoms with van der Waals surface area (Å²) in [5.41, 5.74) is 7.48. The minimum Gasteiger partial charge on any atom is -0.320 e. The van der Waals surface area contributed by atoms with Gasteiger partial charge in [-0.05, 0) is 17.2 Å². The van der Waals surface area contributed by atoms with Crippen molar-refractivity contribution < 1.29 is 4.92 Å². The van der Waals surface area contributed by atoms with Crippen LogP contribution in [0.1, 0.15) is 17.2 Å². The Morgan fingerprint density at radius 2 is 1.83 bits per heavy atom. The fourth-order valence-electron chi connectivity index (χ4n) is 1.72. The number of hydrogen-bond acceptors (Lipinski definition) is 3. The van der Waals surface area contributed by atoms with E-state index in [0.29, 0.717) is 10.6 Å². The van der Waals surface area contributed by atoms with Crippen molar-refractivity contribution in [3.05, 3.63) is 74.8 Å². The molecule has 0 aromatic heterocycles. The molecule has 92 valence electrons. The van der Waals surface area contributed by atoms with Crippen molar-refractivity contribution >= 4 is 17.3 Å². The Kier molecular flexibility index (Phi) is 3.60. The number of nitrogens with zero attached hydrogens (tertiary/aromatic N) is 1. The van der Waals surface area contributed by atoms with Crippen LogP contribution in [0.4, 0.5) is 5.69 Å². The van der Waals surface area contributed by atoms with Crippen LogP contribution in [0.2, 0.25) is 5.02 Å². The van der Waals surface area contributed by atoms with Gasteiger partial charge in [-0.25, -0.2) is 0 Å². The second kappa shape index (κ2) is 5.16. The minimum absolute atomic E-state index is 0.0132. The molecule has 0 aliphatic carbocycles. The van der Waals surface area contributed by atoms with E-state index in [1.807, 2.05) is 30.3 Å². The number of nitro benzene ring substituents is 1. The Bertz CT molecular complexity index is 572. The van der Waals surface area contributed by atoms with Gasteiger partial charge >= 0.3 is 0 Å². The van der Waals surface area contributed by atoms with Gasteiger partial charge in [-0.15, -0.1) is 0 Å². The van der Waals surface area contributed by atoms with E-state index >= 15 is 0 Å². The third-order valence-electron chi connectivity index (χ3n) is 2.68. The lowest BCUT2D eigenvalue weighted by molar-refractivity contribution is -0.384. The van der Waals surface area contributed by atoms with Crippen molar-refractivity contribution in [2.24, 2.45) is 5.73 Å².